The number of carbonyl (C=O) groups is 1. The molecule has 0 rings (SSSR count). The van der Waals surface area contributed by atoms with Gasteiger partial charge in [-0.1, -0.05) is 6.92 Å². The van der Waals surface area contributed by atoms with E-state index in [4.69, 9.17) is 5.73 Å². The maximum absolute atomic E-state index is 10.6. The highest BCUT2D eigenvalue weighted by molar-refractivity contribution is 5.71. The van der Waals surface area contributed by atoms with E-state index in [0.717, 1.165) is 0 Å². The van der Waals surface area contributed by atoms with Crippen LogP contribution in [0, 0.1) is 5.92 Å². The molecule has 9 heavy (non-hydrogen) atoms. The smallest absolute Gasteiger partial charge is 0.308 e. The Kier molecular flexibility index (Phi) is 4.05. The summed E-state index contributed by atoms with van der Waals surface area (Å²) in [5, 5.41) is 0. The van der Waals surface area contributed by atoms with Gasteiger partial charge in [-0.3, -0.25) is 4.79 Å². The lowest BCUT2D eigenvalue weighted by atomic mass is 10.1. The van der Waals surface area contributed by atoms with Gasteiger partial charge in [0.05, 0.1) is 13.0 Å². The summed E-state index contributed by atoms with van der Waals surface area (Å²) in [5.41, 5.74) is 5.21. The number of hydrogen-bond acceptors (Lipinski definition) is 3. The first-order valence-corrected chi connectivity index (χ1v) is 3.00. The first kappa shape index (κ1) is 8.43. The zero-order valence-electron chi connectivity index (χ0n) is 5.89. The number of rotatable bonds is 3. The molecule has 0 aromatic heterocycles. The molecule has 0 unspecified atom stereocenters. The summed E-state index contributed by atoms with van der Waals surface area (Å²) in [5.74, 6) is -0.236. The third-order valence-corrected chi connectivity index (χ3v) is 1.20. The van der Waals surface area contributed by atoms with Crippen molar-refractivity contribution in [3.63, 3.8) is 0 Å². The number of carbonyl (C=O) groups excluding carboxylic acids is 1. The summed E-state index contributed by atoms with van der Waals surface area (Å²) in [4.78, 5) is 10.6. The first-order valence-electron chi connectivity index (χ1n) is 3.00. The van der Waals surface area contributed by atoms with E-state index in [1.165, 1.54) is 7.11 Å². The second kappa shape index (κ2) is 4.32. The average molecular weight is 131 g/mol. The Morgan fingerprint density at radius 1 is 1.78 bits per heavy atom. The van der Waals surface area contributed by atoms with E-state index in [-0.39, 0.29) is 11.9 Å². The summed E-state index contributed by atoms with van der Waals surface area (Å²) in [7, 11) is 1.38. The minimum absolute atomic E-state index is 0.0556. The molecule has 0 fully saturated rings. The fourth-order valence-corrected chi connectivity index (χ4v) is 0.569. The fourth-order valence-electron chi connectivity index (χ4n) is 0.569. The second-order valence-electron chi connectivity index (χ2n) is 2.00. The minimum atomic E-state index is -0.180. The van der Waals surface area contributed by atoms with Crippen molar-refractivity contribution < 1.29 is 9.53 Å². The third kappa shape index (κ3) is 3.08. The summed E-state index contributed by atoms with van der Waals surface area (Å²) in [6.45, 7) is 2.34. The number of esters is 1. The highest BCUT2D eigenvalue weighted by atomic mass is 16.5. The van der Waals surface area contributed by atoms with Crippen molar-refractivity contribution in [2.45, 2.75) is 13.3 Å². The summed E-state index contributed by atoms with van der Waals surface area (Å²) < 4.78 is 4.47. The molecule has 0 amide bonds. The van der Waals surface area contributed by atoms with Crippen LogP contribution < -0.4 is 5.73 Å². The number of nitrogens with two attached hydrogens (primary N) is 1. The Morgan fingerprint density at radius 2 is 2.33 bits per heavy atom. The number of hydrogen-bond donors (Lipinski definition) is 1. The van der Waals surface area contributed by atoms with Crippen LogP contribution in [0.1, 0.15) is 13.3 Å². The molecule has 0 radical (unpaired) electrons. The van der Waals surface area contributed by atoms with Crippen molar-refractivity contribution in [2.24, 2.45) is 11.7 Å². The normalized spacial score (nSPS) is 12.8. The van der Waals surface area contributed by atoms with Crippen molar-refractivity contribution >= 4 is 5.97 Å². The molecule has 0 saturated heterocycles. The van der Waals surface area contributed by atoms with Crippen molar-refractivity contribution in [1.29, 1.82) is 0 Å². The van der Waals surface area contributed by atoms with Crippen LogP contribution in [0.3, 0.4) is 0 Å². The van der Waals surface area contributed by atoms with Gasteiger partial charge >= 0.3 is 5.97 Å². The highest BCUT2D eigenvalue weighted by Crippen LogP contribution is 2.00. The standard InChI is InChI=1S/C6H13NO2/c1-5(3-4-7)6(8)9-2/h5H,3-4,7H2,1-2H3/t5-/m1/s1. The van der Waals surface area contributed by atoms with Crippen molar-refractivity contribution in [3.8, 4) is 0 Å². The molecule has 3 nitrogen and oxygen atoms in total. The summed E-state index contributed by atoms with van der Waals surface area (Å²) in [6.07, 6.45) is 0.701. The zero-order valence-corrected chi connectivity index (χ0v) is 5.89. The van der Waals surface area contributed by atoms with Crippen molar-refractivity contribution in [1.82, 2.24) is 0 Å². The van der Waals surface area contributed by atoms with Crippen LogP contribution in [0.15, 0.2) is 0 Å². The van der Waals surface area contributed by atoms with Crippen molar-refractivity contribution in [2.75, 3.05) is 13.7 Å². The molecule has 0 heterocycles. The Labute approximate surface area is 55.2 Å². The monoisotopic (exact) mass is 131 g/mol. The van der Waals surface area contributed by atoms with E-state index in [0.29, 0.717) is 13.0 Å². The van der Waals surface area contributed by atoms with E-state index >= 15 is 0 Å². The molecule has 0 aromatic carbocycles. The van der Waals surface area contributed by atoms with Crippen LogP contribution in [0.5, 0.6) is 0 Å². The quantitative estimate of drug-likeness (QED) is 0.554. The maximum atomic E-state index is 10.6. The van der Waals surface area contributed by atoms with Crippen LogP contribution in [0.2, 0.25) is 0 Å². The van der Waals surface area contributed by atoms with E-state index < -0.39 is 0 Å². The molecule has 54 valence electrons. The second-order valence-corrected chi connectivity index (χ2v) is 2.00. The lowest BCUT2D eigenvalue weighted by Gasteiger charge is -2.05. The first-order chi connectivity index (χ1) is 4.22. The molecule has 0 aliphatic rings. The third-order valence-electron chi connectivity index (χ3n) is 1.20. The Balaban J connectivity index is 3.45. The lowest BCUT2D eigenvalue weighted by Crippen LogP contribution is -2.16. The van der Waals surface area contributed by atoms with Gasteiger partial charge < -0.3 is 10.5 Å². The zero-order chi connectivity index (χ0) is 7.28. The molecule has 1 atom stereocenters. The fraction of sp³-hybridized carbons (Fsp3) is 0.833. The van der Waals surface area contributed by atoms with Gasteiger partial charge in [-0.05, 0) is 13.0 Å². The molecule has 0 aromatic rings. The number of ether oxygens (including phenoxy) is 1. The Hall–Kier alpha value is -0.570. The molecule has 2 N–H and O–H groups in total. The van der Waals surface area contributed by atoms with E-state index in [9.17, 15) is 4.79 Å². The molecule has 0 bridgehead atoms. The van der Waals surface area contributed by atoms with Crippen LogP contribution >= 0.6 is 0 Å². The topological polar surface area (TPSA) is 52.3 Å². The molecule has 0 saturated carbocycles. The van der Waals surface area contributed by atoms with Gasteiger partial charge in [0.25, 0.3) is 0 Å². The maximum Gasteiger partial charge on any atom is 0.308 e. The molecular formula is C6H13NO2. The molecule has 0 aliphatic heterocycles. The molecular weight excluding hydrogens is 118 g/mol. The van der Waals surface area contributed by atoms with Gasteiger partial charge in [0.1, 0.15) is 0 Å². The van der Waals surface area contributed by atoms with Gasteiger partial charge in [0, 0.05) is 0 Å². The van der Waals surface area contributed by atoms with Gasteiger partial charge in [-0.15, -0.1) is 0 Å². The SMILES string of the molecule is COC(=O)[C@H](C)CCN. The predicted octanol–water partition coefficient (Wildman–Crippen LogP) is 0.144. The van der Waals surface area contributed by atoms with Crippen LogP contribution in [0.4, 0.5) is 0 Å². The Morgan fingerprint density at radius 3 is 2.67 bits per heavy atom. The average Bonchev–Trinajstić information content (AvgIpc) is 1.87. The van der Waals surface area contributed by atoms with E-state index in [2.05, 4.69) is 4.74 Å². The highest BCUT2D eigenvalue weighted by Gasteiger charge is 2.10. The molecule has 3 heteroatoms. The van der Waals surface area contributed by atoms with Crippen LogP contribution in [-0.4, -0.2) is 19.6 Å². The van der Waals surface area contributed by atoms with Crippen molar-refractivity contribution in [3.05, 3.63) is 0 Å². The number of methoxy groups -OCH3 is 1. The summed E-state index contributed by atoms with van der Waals surface area (Å²) in [6, 6.07) is 0. The van der Waals surface area contributed by atoms with Crippen LogP contribution in [0.25, 0.3) is 0 Å². The minimum Gasteiger partial charge on any atom is -0.469 e. The van der Waals surface area contributed by atoms with Gasteiger partial charge in [-0.25, -0.2) is 0 Å². The van der Waals surface area contributed by atoms with Gasteiger partial charge in [0.2, 0.25) is 0 Å². The van der Waals surface area contributed by atoms with Gasteiger partial charge in [-0.2, -0.15) is 0 Å². The summed E-state index contributed by atoms with van der Waals surface area (Å²) >= 11 is 0. The van der Waals surface area contributed by atoms with E-state index in [1.54, 1.807) is 6.92 Å². The molecule has 0 spiro atoms. The molecule has 0 aliphatic carbocycles. The largest absolute Gasteiger partial charge is 0.469 e. The predicted molar refractivity (Wildman–Crippen MR) is 34.9 cm³/mol. The van der Waals surface area contributed by atoms with E-state index in [1.807, 2.05) is 0 Å². The Bertz CT molecular complexity index is 93.1. The van der Waals surface area contributed by atoms with Gasteiger partial charge in [0.15, 0.2) is 0 Å². The lowest BCUT2D eigenvalue weighted by molar-refractivity contribution is -0.144. The van der Waals surface area contributed by atoms with Crippen LogP contribution in [-0.2, 0) is 9.53 Å².